The van der Waals surface area contributed by atoms with Gasteiger partial charge >= 0.3 is 0 Å². The molecular formula is C20H41Cl. The van der Waals surface area contributed by atoms with E-state index < -0.39 is 0 Å². The van der Waals surface area contributed by atoms with Crippen molar-refractivity contribution in [3.8, 4) is 0 Å². The normalized spacial score (nSPS) is 12.0. The van der Waals surface area contributed by atoms with Crippen molar-refractivity contribution in [1.82, 2.24) is 0 Å². The van der Waals surface area contributed by atoms with Crippen molar-refractivity contribution in [3.05, 3.63) is 0 Å². The lowest BCUT2D eigenvalue weighted by molar-refractivity contribution is 0.515. The Bertz CT molecular complexity index is 193. The molecule has 0 rings (SSSR count). The monoisotopic (exact) mass is 316 g/mol. The number of alkyl halides is 1. The summed E-state index contributed by atoms with van der Waals surface area (Å²) in [6, 6.07) is 0. The second-order valence-corrected chi connectivity index (χ2v) is 8.44. The molecule has 0 aromatic rings. The third-order valence-electron chi connectivity index (χ3n) is 4.37. The molecule has 0 fully saturated rings. The first-order valence-corrected chi connectivity index (χ1v) is 10.1. The van der Waals surface area contributed by atoms with Gasteiger partial charge in [0.05, 0.1) is 0 Å². The standard InChI is InChI=1S/C20H41Cl/c1-4-5-6-7-8-9-10-11-12-13-14-15-16-17-18-19-20(2,3)21/h4-19H2,1-3H3. The summed E-state index contributed by atoms with van der Waals surface area (Å²) < 4.78 is 0. The summed E-state index contributed by atoms with van der Waals surface area (Å²) in [5.41, 5.74) is 0. The van der Waals surface area contributed by atoms with Crippen LogP contribution in [0.15, 0.2) is 0 Å². The summed E-state index contributed by atoms with van der Waals surface area (Å²) in [6.07, 6.45) is 22.6. The molecule has 128 valence electrons. The minimum Gasteiger partial charge on any atom is -0.120 e. The van der Waals surface area contributed by atoms with Gasteiger partial charge in [-0.15, -0.1) is 11.6 Å². The van der Waals surface area contributed by atoms with Crippen LogP contribution in [0.3, 0.4) is 0 Å². The van der Waals surface area contributed by atoms with Gasteiger partial charge in [0.2, 0.25) is 0 Å². The molecule has 0 aliphatic carbocycles. The molecule has 0 spiro atoms. The highest BCUT2D eigenvalue weighted by Gasteiger charge is 2.11. The van der Waals surface area contributed by atoms with E-state index in [-0.39, 0.29) is 4.87 Å². The Balaban J connectivity index is 3.00. The SMILES string of the molecule is CCCCCCCCCCCCCCCCCC(C)(C)Cl. The van der Waals surface area contributed by atoms with E-state index in [0.29, 0.717) is 0 Å². The maximum absolute atomic E-state index is 6.19. The topological polar surface area (TPSA) is 0 Å². The molecule has 1 heteroatoms. The van der Waals surface area contributed by atoms with Crippen molar-refractivity contribution in [1.29, 1.82) is 0 Å². The Morgan fingerprint density at radius 1 is 0.524 bits per heavy atom. The molecule has 0 N–H and O–H groups in total. The van der Waals surface area contributed by atoms with Crippen LogP contribution >= 0.6 is 11.6 Å². The quantitative estimate of drug-likeness (QED) is 0.198. The van der Waals surface area contributed by atoms with Crippen molar-refractivity contribution in [2.75, 3.05) is 0 Å². The van der Waals surface area contributed by atoms with Gasteiger partial charge in [0.15, 0.2) is 0 Å². The van der Waals surface area contributed by atoms with Crippen LogP contribution in [0.2, 0.25) is 0 Å². The summed E-state index contributed by atoms with van der Waals surface area (Å²) in [5.74, 6) is 0. The Morgan fingerprint density at radius 3 is 1.10 bits per heavy atom. The maximum atomic E-state index is 6.19. The van der Waals surface area contributed by atoms with Gasteiger partial charge in [-0.05, 0) is 20.3 Å². The molecule has 0 atom stereocenters. The average molecular weight is 317 g/mol. The Morgan fingerprint density at radius 2 is 0.810 bits per heavy atom. The second kappa shape index (κ2) is 15.2. The maximum Gasteiger partial charge on any atom is 0.0390 e. The smallest absolute Gasteiger partial charge is 0.0390 e. The third-order valence-corrected chi connectivity index (χ3v) is 4.56. The molecule has 0 saturated carbocycles. The average Bonchev–Trinajstić information content (AvgIpc) is 2.42. The van der Waals surface area contributed by atoms with Gasteiger partial charge in [0.1, 0.15) is 0 Å². The van der Waals surface area contributed by atoms with E-state index in [9.17, 15) is 0 Å². The van der Waals surface area contributed by atoms with E-state index in [1.165, 1.54) is 96.3 Å². The van der Waals surface area contributed by atoms with Crippen molar-refractivity contribution < 1.29 is 0 Å². The van der Waals surface area contributed by atoms with Gasteiger partial charge in [0.25, 0.3) is 0 Å². The van der Waals surface area contributed by atoms with Crippen LogP contribution in [0.5, 0.6) is 0 Å². The first-order chi connectivity index (χ1) is 10.1. The summed E-state index contributed by atoms with van der Waals surface area (Å²) >= 11 is 6.19. The van der Waals surface area contributed by atoms with Crippen molar-refractivity contribution in [2.24, 2.45) is 0 Å². The molecule has 0 radical (unpaired) electrons. The van der Waals surface area contributed by atoms with Crippen molar-refractivity contribution in [3.63, 3.8) is 0 Å². The van der Waals surface area contributed by atoms with Crippen LogP contribution in [0.1, 0.15) is 124 Å². The Labute approximate surface area is 140 Å². The molecule has 0 aromatic carbocycles. The first kappa shape index (κ1) is 21.3. The lowest BCUT2D eigenvalue weighted by atomic mass is 10.0. The van der Waals surface area contributed by atoms with Gasteiger partial charge in [-0.25, -0.2) is 0 Å². The van der Waals surface area contributed by atoms with Crippen LogP contribution in [0, 0.1) is 0 Å². The highest BCUT2D eigenvalue weighted by atomic mass is 35.5. The van der Waals surface area contributed by atoms with E-state index >= 15 is 0 Å². The Kier molecular flexibility index (Phi) is 15.4. The lowest BCUT2D eigenvalue weighted by Crippen LogP contribution is -2.08. The van der Waals surface area contributed by atoms with Gasteiger partial charge in [0, 0.05) is 4.87 Å². The zero-order valence-corrected chi connectivity index (χ0v) is 15.9. The van der Waals surface area contributed by atoms with Crippen LogP contribution < -0.4 is 0 Å². The van der Waals surface area contributed by atoms with Crippen molar-refractivity contribution >= 4 is 11.6 Å². The number of unbranched alkanes of at least 4 members (excludes halogenated alkanes) is 14. The lowest BCUT2D eigenvalue weighted by Gasteiger charge is -2.14. The summed E-state index contributed by atoms with van der Waals surface area (Å²) in [6.45, 7) is 6.54. The minimum atomic E-state index is 0.0105. The first-order valence-electron chi connectivity index (χ1n) is 9.75. The van der Waals surface area contributed by atoms with Gasteiger partial charge < -0.3 is 0 Å². The number of rotatable bonds is 16. The zero-order chi connectivity index (χ0) is 15.8. The highest BCUT2D eigenvalue weighted by Crippen LogP contribution is 2.21. The number of hydrogen-bond acceptors (Lipinski definition) is 0. The number of halogens is 1. The van der Waals surface area contributed by atoms with E-state index in [4.69, 9.17) is 11.6 Å². The highest BCUT2D eigenvalue weighted by molar-refractivity contribution is 6.23. The Hall–Kier alpha value is 0.290. The summed E-state index contributed by atoms with van der Waals surface area (Å²) in [4.78, 5) is 0.0105. The molecule has 0 heterocycles. The summed E-state index contributed by atoms with van der Waals surface area (Å²) in [5, 5.41) is 0. The fourth-order valence-corrected chi connectivity index (χ4v) is 3.05. The molecule has 0 saturated heterocycles. The van der Waals surface area contributed by atoms with Crippen molar-refractivity contribution in [2.45, 2.75) is 128 Å². The molecule has 0 nitrogen and oxygen atoms in total. The van der Waals surface area contributed by atoms with E-state index in [1.54, 1.807) is 0 Å². The van der Waals surface area contributed by atoms with Crippen LogP contribution in [0.4, 0.5) is 0 Å². The molecule has 0 unspecified atom stereocenters. The molecular weight excluding hydrogens is 276 g/mol. The molecule has 0 aliphatic rings. The molecule has 21 heavy (non-hydrogen) atoms. The predicted octanol–water partition coefficient (Wildman–Crippen LogP) is 8.27. The van der Waals surface area contributed by atoms with Crippen LogP contribution in [-0.2, 0) is 0 Å². The van der Waals surface area contributed by atoms with E-state index in [2.05, 4.69) is 20.8 Å². The molecule has 0 bridgehead atoms. The molecule has 0 aromatic heterocycles. The summed E-state index contributed by atoms with van der Waals surface area (Å²) in [7, 11) is 0. The fourth-order valence-electron chi connectivity index (χ4n) is 2.92. The second-order valence-electron chi connectivity index (χ2n) is 7.42. The van der Waals surface area contributed by atoms with E-state index in [0.717, 1.165) is 6.42 Å². The van der Waals surface area contributed by atoms with E-state index in [1.807, 2.05) is 0 Å². The third kappa shape index (κ3) is 20.3. The van der Waals surface area contributed by atoms with Gasteiger partial charge in [-0.2, -0.15) is 0 Å². The number of hydrogen-bond donors (Lipinski definition) is 0. The largest absolute Gasteiger partial charge is 0.120 e. The molecule has 0 aliphatic heterocycles. The molecule has 0 amide bonds. The fraction of sp³-hybridized carbons (Fsp3) is 1.00. The van der Waals surface area contributed by atoms with Gasteiger partial charge in [-0.3, -0.25) is 0 Å². The minimum absolute atomic E-state index is 0.0105. The van der Waals surface area contributed by atoms with Crippen LogP contribution in [-0.4, -0.2) is 4.87 Å². The van der Waals surface area contributed by atoms with Gasteiger partial charge in [-0.1, -0.05) is 103 Å². The zero-order valence-electron chi connectivity index (χ0n) is 15.2. The van der Waals surface area contributed by atoms with Crippen LogP contribution in [0.25, 0.3) is 0 Å². The predicted molar refractivity (Wildman–Crippen MR) is 99.5 cm³/mol.